The van der Waals surface area contributed by atoms with E-state index in [1.807, 2.05) is 24.3 Å². The Labute approximate surface area is 191 Å². The van der Waals surface area contributed by atoms with E-state index in [2.05, 4.69) is 40.2 Å². The topological polar surface area (TPSA) is 43.4 Å². The lowest BCUT2D eigenvalue weighted by Gasteiger charge is -2.29. The van der Waals surface area contributed by atoms with Crippen molar-refractivity contribution in [3.05, 3.63) is 59.8 Å². The predicted molar refractivity (Wildman–Crippen MR) is 125 cm³/mol. The number of thiazole rings is 1. The zero-order chi connectivity index (χ0) is 22.5. The Morgan fingerprint density at radius 1 is 1.12 bits per heavy atom. The first-order valence-corrected chi connectivity index (χ1v) is 11.7. The minimum Gasteiger partial charge on any atom is -0.496 e. The molecule has 0 radical (unpaired) electrons. The summed E-state index contributed by atoms with van der Waals surface area (Å²) in [4.78, 5) is 4.72. The molecule has 1 N–H and O–H groups in total. The summed E-state index contributed by atoms with van der Waals surface area (Å²) < 4.78 is 34.5. The monoisotopic (exact) mass is 458 g/mol. The van der Waals surface area contributed by atoms with Gasteiger partial charge in [-0.05, 0) is 79.3 Å². The van der Waals surface area contributed by atoms with Crippen LogP contribution in [-0.2, 0) is 0 Å². The van der Waals surface area contributed by atoms with Gasteiger partial charge in [-0.1, -0.05) is 35.6 Å². The number of anilines is 1. The van der Waals surface area contributed by atoms with E-state index in [0.717, 1.165) is 39.8 Å². The van der Waals surface area contributed by atoms with Crippen molar-refractivity contribution < 1.29 is 18.3 Å². The van der Waals surface area contributed by atoms with Crippen LogP contribution in [0.2, 0.25) is 0 Å². The molecule has 1 aliphatic carbocycles. The molecular formula is C25H28F2N2O2S. The van der Waals surface area contributed by atoms with Crippen molar-refractivity contribution >= 4 is 17.0 Å². The number of methoxy groups -OCH3 is 1. The lowest BCUT2D eigenvalue weighted by atomic mass is 9.78. The maximum atomic E-state index is 12.4. The van der Waals surface area contributed by atoms with Gasteiger partial charge in [-0.2, -0.15) is 8.78 Å². The number of ether oxygens (including phenoxy) is 2. The van der Waals surface area contributed by atoms with Gasteiger partial charge in [0.25, 0.3) is 5.19 Å². The van der Waals surface area contributed by atoms with Crippen molar-refractivity contribution in [2.75, 3.05) is 19.0 Å². The second-order valence-corrected chi connectivity index (χ2v) is 9.27. The summed E-state index contributed by atoms with van der Waals surface area (Å²) >= 11 is 1.12. The first kappa shape index (κ1) is 22.5. The molecule has 0 saturated heterocycles. The minimum atomic E-state index is -2.86. The van der Waals surface area contributed by atoms with Crippen molar-refractivity contribution in [3.8, 4) is 21.4 Å². The van der Waals surface area contributed by atoms with Crippen LogP contribution in [0.1, 0.15) is 42.7 Å². The van der Waals surface area contributed by atoms with Crippen LogP contribution in [0.25, 0.3) is 10.4 Å². The first-order valence-electron chi connectivity index (χ1n) is 10.9. The van der Waals surface area contributed by atoms with E-state index >= 15 is 0 Å². The summed E-state index contributed by atoms with van der Waals surface area (Å²) in [6.07, 6.45) is 6.37. The third kappa shape index (κ3) is 5.57. The molecule has 1 aromatic heterocycles. The number of aromatic nitrogens is 1. The van der Waals surface area contributed by atoms with Crippen LogP contribution in [-0.4, -0.2) is 25.3 Å². The molecule has 4 nitrogen and oxygen atoms in total. The molecule has 0 bridgehead atoms. The zero-order valence-electron chi connectivity index (χ0n) is 18.3. The van der Waals surface area contributed by atoms with E-state index in [4.69, 9.17) is 4.74 Å². The van der Waals surface area contributed by atoms with Gasteiger partial charge in [0.15, 0.2) is 0 Å². The Balaban J connectivity index is 1.30. The minimum absolute atomic E-state index is 0.0165. The number of halogens is 2. The number of benzene rings is 2. The molecule has 2 aromatic carbocycles. The second-order valence-electron chi connectivity index (χ2n) is 8.28. The van der Waals surface area contributed by atoms with Crippen molar-refractivity contribution in [1.82, 2.24) is 4.98 Å². The Bertz CT molecular complexity index is 1030. The van der Waals surface area contributed by atoms with Gasteiger partial charge in [-0.15, -0.1) is 0 Å². The number of hydrogen-bond donors (Lipinski definition) is 1. The summed E-state index contributed by atoms with van der Waals surface area (Å²) in [7, 11) is 1.71. The van der Waals surface area contributed by atoms with E-state index < -0.39 is 6.61 Å². The van der Waals surface area contributed by atoms with Gasteiger partial charge in [-0.25, -0.2) is 4.98 Å². The van der Waals surface area contributed by atoms with Crippen LogP contribution in [0.5, 0.6) is 10.9 Å². The molecule has 32 heavy (non-hydrogen) atoms. The maximum Gasteiger partial charge on any atom is 0.389 e. The number of nitrogens with zero attached hydrogens (tertiary/aromatic N) is 1. The van der Waals surface area contributed by atoms with E-state index in [-0.39, 0.29) is 5.19 Å². The van der Waals surface area contributed by atoms with Crippen LogP contribution in [0.15, 0.2) is 48.7 Å². The quantitative estimate of drug-likeness (QED) is 0.390. The third-order valence-electron chi connectivity index (χ3n) is 6.15. The van der Waals surface area contributed by atoms with E-state index in [0.29, 0.717) is 11.8 Å². The fraction of sp³-hybridized carbons (Fsp3) is 0.400. The van der Waals surface area contributed by atoms with Gasteiger partial charge in [0.05, 0.1) is 12.0 Å². The largest absolute Gasteiger partial charge is 0.496 e. The summed E-state index contributed by atoms with van der Waals surface area (Å²) in [5.41, 5.74) is 4.58. The Kier molecular flexibility index (Phi) is 7.25. The van der Waals surface area contributed by atoms with Crippen molar-refractivity contribution in [1.29, 1.82) is 0 Å². The fourth-order valence-corrected chi connectivity index (χ4v) is 5.19. The summed E-state index contributed by atoms with van der Waals surface area (Å²) in [5, 5.41) is 3.54. The van der Waals surface area contributed by atoms with Crippen LogP contribution in [0, 0.1) is 12.8 Å². The molecule has 1 heterocycles. The molecule has 1 saturated carbocycles. The highest BCUT2D eigenvalue weighted by atomic mass is 32.1. The van der Waals surface area contributed by atoms with Crippen molar-refractivity contribution in [2.45, 2.75) is 45.1 Å². The number of nitrogens with one attached hydrogen (secondary N) is 1. The molecule has 4 rings (SSSR count). The van der Waals surface area contributed by atoms with Gasteiger partial charge in [0.1, 0.15) is 5.75 Å². The molecule has 3 aromatic rings. The molecule has 170 valence electrons. The first-order chi connectivity index (χ1) is 15.5. The van der Waals surface area contributed by atoms with E-state index in [1.165, 1.54) is 36.8 Å². The fourth-order valence-electron chi connectivity index (χ4n) is 4.42. The van der Waals surface area contributed by atoms with Crippen molar-refractivity contribution in [3.63, 3.8) is 0 Å². The lowest BCUT2D eigenvalue weighted by Crippen LogP contribution is -2.20. The molecule has 0 unspecified atom stereocenters. The SMILES string of the molecule is COc1ccc(C2CCC(CNc3cccc(-c4cnc(OC(F)F)s4)c3)CC2)cc1C. The summed E-state index contributed by atoms with van der Waals surface area (Å²) in [5.74, 6) is 2.21. The Morgan fingerprint density at radius 2 is 1.94 bits per heavy atom. The number of rotatable bonds is 8. The molecule has 0 aliphatic heterocycles. The average Bonchev–Trinajstić information content (AvgIpc) is 3.26. The maximum absolute atomic E-state index is 12.4. The second kappa shape index (κ2) is 10.3. The number of alkyl halides is 2. The zero-order valence-corrected chi connectivity index (χ0v) is 19.1. The smallest absolute Gasteiger partial charge is 0.389 e. The van der Waals surface area contributed by atoms with Crippen molar-refractivity contribution in [2.24, 2.45) is 5.92 Å². The molecule has 0 amide bonds. The summed E-state index contributed by atoms with van der Waals surface area (Å²) in [6.45, 7) is 0.177. The van der Waals surface area contributed by atoms with Gasteiger partial charge < -0.3 is 14.8 Å². The standard InChI is InChI=1S/C25H28F2N2O2S/c1-16-12-19(10-11-22(16)30-2)18-8-6-17(7-9-18)14-28-21-5-3-4-20(13-21)23-15-29-25(32-23)31-24(26)27/h3-5,10-13,15,17-18,24,28H,6-9,14H2,1-2H3. The highest BCUT2D eigenvalue weighted by molar-refractivity contribution is 7.16. The molecule has 7 heteroatoms. The van der Waals surface area contributed by atoms with Gasteiger partial charge in [-0.3, -0.25) is 0 Å². The molecule has 1 fully saturated rings. The van der Waals surface area contributed by atoms with E-state index in [1.54, 1.807) is 13.3 Å². The number of hydrogen-bond acceptors (Lipinski definition) is 5. The van der Waals surface area contributed by atoms with Gasteiger partial charge in [0, 0.05) is 18.4 Å². The highest BCUT2D eigenvalue weighted by Crippen LogP contribution is 2.37. The number of aryl methyl sites for hydroxylation is 1. The van der Waals surface area contributed by atoms with Crippen LogP contribution >= 0.6 is 11.3 Å². The molecule has 1 aliphatic rings. The van der Waals surface area contributed by atoms with Crippen LogP contribution < -0.4 is 14.8 Å². The highest BCUT2D eigenvalue weighted by Gasteiger charge is 2.22. The molecule has 0 atom stereocenters. The van der Waals surface area contributed by atoms with Gasteiger partial charge >= 0.3 is 6.61 Å². The average molecular weight is 459 g/mol. The molecular weight excluding hydrogens is 430 g/mol. The van der Waals surface area contributed by atoms with Crippen LogP contribution in [0.3, 0.4) is 0 Å². The Hall–Kier alpha value is -2.67. The normalized spacial score (nSPS) is 18.5. The van der Waals surface area contributed by atoms with Crippen LogP contribution in [0.4, 0.5) is 14.5 Å². The lowest BCUT2D eigenvalue weighted by molar-refractivity contribution is -0.0499. The summed E-state index contributed by atoms with van der Waals surface area (Å²) in [6, 6.07) is 14.5. The Morgan fingerprint density at radius 3 is 2.66 bits per heavy atom. The van der Waals surface area contributed by atoms with Gasteiger partial charge in [0.2, 0.25) is 0 Å². The third-order valence-corrected chi connectivity index (χ3v) is 7.09. The van der Waals surface area contributed by atoms with E-state index in [9.17, 15) is 8.78 Å². The predicted octanol–water partition coefficient (Wildman–Crippen LogP) is 7.11. The molecule has 0 spiro atoms.